The summed E-state index contributed by atoms with van der Waals surface area (Å²) in [7, 11) is 2.04. The molecule has 19 heavy (non-hydrogen) atoms. The van der Waals surface area contributed by atoms with E-state index < -0.39 is 0 Å². The fraction of sp³-hybridized carbons (Fsp3) is 0.429. The molecule has 0 amide bonds. The molecule has 3 rings (SSSR count). The quantitative estimate of drug-likeness (QED) is 0.901. The Morgan fingerprint density at radius 3 is 3.05 bits per heavy atom. The Labute approximate surface area is 111 Å². The molecule has 5 nitrogen and oxygen atoms in total. The van der Waals surface area contributed by atoms with Gasteiger partial charge in [0.05, 0.1) is 36.6 Å². The summed E-state index contributed by atoms with van der Waals surface area (Å²) in [4.78, 5) is 9.49. The molecule has 2 heterocycles. The molecule has 0 spiro atoms. The SMILES string of the molecule is CN(Cc1ccc2nc[nH]c2c1)CC1(C#N)COC1. The van der Waals surface area contributed by atoms with Gasteiger partial charge in [-0.3, -0.25) is 0 Å². The maximum absolute atomic E-state index is 9.20. The summed E-state index contributed by atoms with van der Waals surface area (Å²) in [5, 5.41) is 9.20. The van der Waals surface area contributed by atoms with Gasteiger partial charge < -0.3 is 14.6 Å². The molecule has 0 saturated carbocycles. The van der Waals surface area contributed by atoms with Crippen molar-refractivity contribution in [2.24, 2.45) is 5.41 Å². The van der Waals surface area contributed by atoms with Crippen LogP contribution in [0.2, 0.25) is 0 Å². The Bertz CT molecular complexity index is 624. The lowest BCUT2D eigenvalue weighted by Gasteiger charge is -2.38. The maximum Gasteiger partial charge on any atom is 0.116 e. The van der Waals surface area contributed by atoms with Gasteiger partial charge in [-0.15, -0.1) is 0 Å². The summed E-state index contributed by atoms with van der Waals surface area (Å²) >= 11 is 0. The third-order valence-corrected chi connectivity index (χ3v) is 3.50. The van der Waals surface area contributed by atoms with Crippen LogP contribution in [0.1, 0.15) is 5.56 Å². The Balaban J connectivity index is 1.68. The van der Waals surface area contributed by atoms with Crippen LogP contribution in [0, 0.1) is 16.7 Å². The van der Waals surface area contributed by atoms with E-state index in [1.54, 1.807) is 6.33 Å². The lowest BCUT2D eigenvalue weighted by molar-refractivity contribution is -0.0895. The summed E-state index contributed by atoms with van der Waals surface area (Å²) in [6.07, 6.45) is 1.70. The molecule has 1 aromatic carbocycles. The van der Waals surface area contributed by atoms with E-state index in [2.05, 4.69) is 33.1 Å². The number of nitriles is 1. The second-order valence-corrected chi connectivity index (χ2v) is 5.31. The van der Waals surface area contributed by atoms with Crippen molar-refractivity contribution in [3.8, 4) is 6.07 Å². The standard InChI is InChI=1S/C14H16N4O/c1-18(7-14(6-15)8-19-9-14)5-11-2-3-12-13(4-11)17-10-16-12/h2-4,10H,5,7-9H2,1H3,(H,16,17). The Kier molecular flexibility index (Phi) is 2.97. The number of aromatic amines is 1. The number of imidazole rings is 1. The van der Waals surface area contributed by atoms with E-state index in [-0.39, 0.29) is 5.41 Å². The highest BCUT2D eigenvalue weighted by molar-refractivity contribution is 5.74. The van der Waals surface area contributed by atoms with Crippen molar-refractivity contribution in [1.29, 1.82) is 5.26 Å². The minimum atomic E-state index is -0.313. The van der Waals surface area contributed by atoms with Crippen molar-refractivity contribution in [2.45, 2.75) is 6.54 Å². The number of rotatable bonds is 4. The third-order valence-electron chi connectivity index (χ3n) is 3.50. The summed E-state index contributed by atoms with van der Waals surface area (Å²) in [5.74, 6) is 0. The number of benzene rings is 1. The Morgan fingerprint density at radius 1 is 1.53 bits per heavy atom. The normalized spacial score (nSPS) is 17.3. The van der Waals surface area contributed by atoms with Gasteiger partial charge in [-0.2, -0.15) is 5.26 Å². The van der Waals surface area contributed by atoms with E-state index in [9.17, 15) is 5.26 Å². The molecule has 2 aromatic rings. The lowest BCUT2D eigenvalue weighted by atomic mass is 9.87. The summed E-state index contributed by atoms with van der Waals surface area (Å²) in [5.41, 5.74) is 2.93. The predicted octanol–water partition coefficient (Wildman–Crippen LogP) is 1.53. The lowest BCUT2D eigenvalue weighted by Crippen LogP contribution is -2.48. The number of aromatic nitrogens is 2. The molecule has 1 saturated heterocycles. The van der Waals surface area contributed by atoms with Gasteiger partial charge >= 0.3 is 0 Å². The molecule has 0 atom stereocenters. The molecule has 0 unspecified atom stereocenters. The van der Waals surface area contributed by atoms with Crippen molar-refractivity contribution in [2.75, 3.05) is 26.8 Å². The molecule has 1 N–H and O–H groups in total. The first kappa shape index (κ1) is 12.2. The summed E-state index contributed by atoms with van der Waals surface area (Å²) in [6, 6.07) is 8.58. The average Bonchev–Trinajstić information content (AvgIpc) is 2.81. The number of fused-ring (bicyclic) bond motifs is 1. The minimum Gasteiger partial charge on any atom is -0.378 e. The van der Waals surface area contributed by atoms with E-state index in [0.717, 1.165) is 24.1 Å². The molecule has 98 valence electrons. The third kappa shape index (κ3) is 2.33. The Morgan fingerprint density at radius 2 is 2.37 bits per heavy atom. The monoisotopic (exact) mass is 256 g/mol. The van der Waals surface area contributed by atoms with Crippen molar-refractivity contribution in [3.05, 3.63) is 30.1 Å². The van der Waals surface area contributed by atoms with Gasteiger partial charge in [0.1, 0.15) is 5.41 Å². The zero-order valence-corrected chi connectivity index (χ0v) is 10.9. The zero-order chi connectivity index (χ0) is 13.3. The van der Waals surface area contributed by atoms with E-state index in [4.69, 9.17) is 4.74 Å². The molecule has 0 aliphatic carbocycles. The van der Waals surface area contributed by atoms with E-state index in [1.165, 1.54) is 5.56 Å². The molecular formula is C14H16N4O. The minimum absolute atomic E-state index is 0.313. The summed E-state index contributed by atoms with van der Waals surface area (Å²) in [6.45, 7) is 2.66. The average molecular weight is 256 g/mol. The smallest absolute Gasteiger partial charge is 0.116 e. The van der Waals surface area contributed by atoms with Crippen LogP contribution in [0.5, 0.6) is 0 Å². The fourth-order valence-corrected chi connectivity index (χ4v) is 2.51. The maximum atomic E-state index is 9.20. The van der Waals surface area contributed by atoms with E-state index in [0.29, 0.717) is 13.2 Å². The van der Waals surface area contributed by atoms with Gasteiger partial charge in [-0.05, 0) is 24.7 Å². The fourth-order valence-electron chi connectivity index (χ4n) is 2.51. The van der Waals surface area contributed by atoms with Crippen LogP contribution in [-0.2, 0) is 11.3 Å². The highest BCUT2D eigenvalue weighted by Crippen LogP contribution is 2.27. The van der Waals surface area contributed by atoms with Crippen molar-refractivity contribution < 1.29 is 4.74 Å². The van der Waals surface area contributed by atoms with Crippen molar-refractivity contribution >= 4 is 11.0 Å². The van der Waals surface area contributed by atoms with Crippen LogP contribution >= 0.6 is 0 Å². The van der Waals surface area contributed by atoms with Crippen LogP contribution in [-0.4, -0.2) is 41.7 Å². The molecule has 0 bridgehead atoms. The topological polar surface area (TPSA) is 64.9 Å². The number of ether oxygens (including phenoxy) is 1. The van der Waals surface area contributed by atoms with Crippen molar-refractivity contribution in [3.63, 3.8) is 0 Å². The Hall–Kier alpha value is -1.90. The first-order valence-corrected chi connectivity index (χ1v) is 6.30. The first-order valence-electron chi connectivity index (χ1n) is 6.30. The van der Waals surface area contributed by atoms with Crippen LogP contribution in [0.3, 0.4) is 0 Å². The summed E-state index contributed by atoms with van der Waals surface area (Å²) < 4.78 is 5.17. The largest absolute Gasteiger partial charge is 0.378 e. The molecule has 1 fully saturated rings. The molecular weight excluding hydrogens is 240 g/mol. The van der Waals surface area contributed by atoms with Gasteiger partial charge in [-0.25, -0.2) is 4.98 Å². The van der Waals surface area contributed by atoms with Crippen LogP contribution in [0.25, 0.3) is 11.0 Å². The highest BCUT2D eigenvalue weighted by atomic mass is 16.5. The van der Waals surface area contributed by atoms with Gasteiger partial charge in [-0.1, -0.05) is 6.07 Å². The molecule has 0 radical (unpaired) electrons. The van der Waals surface area contributed by atoms with Crippen LogP contribution in [0.15, 0.2) is 24.5 Å². The van der Waals surface area contributed by atoms with Gasteiger partial charge in [0.25, 0.3) is 0 Å². The number of hydrogen-bond acceptors (Lipinski definition) is 4. The molecule has 1 aliphatic rings. The second-order valence-electron chi connectivity index (χ2n) is 5.31. The van der Waals surface area contributed by atoms with E-state index in [1.807, 2.05) is 13.1 Å². The van der Waals surface area contributed by atoms with E-state index >= 15 is 0 Å². The number of nitrogens with zero attached hydrogens (tertiary/aromatic N) is 3. The number of hydrogen-bond donors (Lipinski definition) is 1. The van der Waals surface area contributed by atoms with Crippen molar-refractivity contribution in [1.82, 2.24) is 14.9 Å². The first-order chi connectivity index (χ1) is 9.21. The molecule has 1 aliphatic heterocycles. The molecule has 1 aromatic heterocycles. The van der Waals surface area contributed by atoms with Crippen LogP contribution in [0.4, 0.5) is 0 Å². The molecule has 5 heteroatoms. The van der Waals surface area contributed by atoms with Gasteiger partial charge in [0.15, 0.2) is 0 Å². The second kappa shape index (κ2) is 4.65. The number of H-pyrrole nitrogens is 1. The number of nitrogens with one attached hydrogen (secondary N) is 1. The van der Waals surface area contributed by atoms with Gasteiger partial charge in [0.2, 0.25) is 0 Å². The highest BCUT2D eigenvalue weighted by Gasteiger charge is 2.39. The van der Waals surface area contributed by atoms with Crippen LogP contribution < -0.4 is 0 Å². The zero-order valence-electron chi connectivity index (χ0n) is 10.9. The predicted molar refractivity (Wildman–Crippen MR) is 71.3 cm³/mol. The van der Waals surface area contributed by atoms with Gasteiger partial charge in [0, 0.05) is 13.1 Å².